The number of hydrogen-bond acceptors (Lipinski definition) is 7. The first-order chi connectivity index (χ1) is 14.7. The largest absolute Gasteiger partial charge is 0.507 e. The predicted molar refractivity (Wildman–Crippen MR) is 114 cm³/mol. The fraction of sp³-hybridized carbons (Fsp3) is 0.522. The molecule has 2 aromatic rings. The molecule has 0 saturated carbocycles. The summed E-state index contributed by atoms with van der Waals surface area (Å²) in [5.41, 5.74) is 8.39. The Kier molecular flexibility index (Phi) is 8.74. The Morgan fingerprint density at radius 1 is 1.17 bits per heavy atom. The fourth-order valence-corrected chi connectivity index (χ4v) is 3.35. The van der Waals surface area contributed by atoms with E-state index in [2.05, 4.69) is 17.1 Å². The molecule has 0 aliphatic carbocycles. The van der Waals surface area contributed by atoms with Gasteiger partial charge in [-0.3, -0.25) is 0 Å². The maximum Gasteiger partial charge on any atom is 0.217 e. The molecule has 3 rings (SSSR count). The van der Waals surface area contributed by atoms with E-state index in [0.29, 0.717) is 58.3 Å². The highest BCUT2D eigenvalue weighted by Crippen LogP contribution is 2.27. The predicted octanol–water partition coefficient (Wildman–Crippen LogP) is 2.66. The first-order valence-corrected chi connectivity index (χ1v) is 10.6. The summed E-state index contributed by atoms with van der Waals surface area (Å²) in [5.74, 6) is 1.49. The zero-order valence-corrected chi connectivity index (χ0v) is 17.6. The summed E-state index contributed by atoms with van der Waals surface area (Å²) in [4.78, 5) is 4.66. The van der Waals surface area contributed by atoms with Gasteiger partial charge in [-0.2, -0.15) is 0 Å². The highest BCUT2D eigenvalue weighted by molar-refractivity contribution is 5.40. The third-order valence-corrected chi connectivity index (χ3v) is 5.01. The number of nitrogens with two attached hydrogens (primary N) is 1. The van der Waals surface area contributed by atoms with E-state index in [1.807, 2.05) is 19.1 Å². The minimum Gasteiger partial charge on any atom is -0.507 e. The molecule has 1 unspecified atom stereocenters. The summed E-state index contributed by atoms with van der Waals surface area (Å²) in [7, 11) is 0. The molecule has 1 atom stereocenters. The van der Waals surface area contributed by atoms with Crippen LogP contribution in [0.5, 0.6) is 17.4 Å². The third kappa shape index (κ3) is 6.58. The van der Waals surface area contributed by atoms with Crippen molar-refractivity contribution >= 4 is 0 Å². The van der Waals surface area contributed by atoms with Crippen molar-refractivity contribution in [1.82, 2.24) is 4.98 Å². The Morgan fingerprint density at radius 3 is 2.70 bits per heavy atom. The van der Waals surface area contributed by atoms with Gasteiger partial charge in [0.2, 0.25) is 5.88 Å². The summed E-state index contributed by atoms with van der Waals surface area (Å²) in [6.45, 7) is 5.32. The van der Waals surface area contributed by atoms with Crippen LogP contribution in [0.15, 0.2) is 30.3 Å². The molecule has 1 fully saturated rings. The monoisotopic (exact) mass is 416 g/mol. The van der Waals surface area contributed by atoms with Crippen LogP contribution in [-0.4, -0.2) is 55.8 Å². The van der Waals surface area contributed by atoms with E-state index in [-0.39, 0.29) is 11.9 Å². The Labute approximate surface area is 178 Å². The van der Waals surface area contributed by atoms with Crippen LogP contribution in [-0.2, 0) is 28.7 Å². The number of aromatic hydroxyl groups is 1. The Morgan fingerprint density at radius 2 is 2.00 bits per heavy atom. The Bertz CT molecular complexity index is 776. The quantitative estimate of drug-likeness (QED) is 0.544. The van der Waals surface area contributed by atoms with Gasteiger partial charge in [0.1, 0.15) is 24.2 Å². The van der Waals surface area contributed by atoms with Crippen LogP contribution in [0.2, 0.25) is 0 Å². The molecule has 7 nitrogen and oxygen atoms in total. The smallest absolute Gasteiger partial charge is 0.217 e. The van der Waals surface area contributed by atoms with Gasteiger partial charge in [-0.05, 0) is 49.9 Å². The van der Waals surface area contributed by atoms with E-state index >= 15 is 0 Å². The lowest BCUT2D eigenvalue weighted by atomic mass is 10.0. The van der Waals surface area contributed by atoms with E-state index < -0.39 is 0 Å². The molecule has 30 heavy (non-hydrogen) atoms. The van der Waals surface area contributed by atoms with Gasteiger partial charge in [0.15, 0.2) is 0 Å². The standard InChI is InChI=1S/C23H32N2O5/c1-2-20-21(9-6-17-4-7-18(8-5-17)28-11-3-10-24)25-23(14-22(20)26)30-16-19-15-27-12-13-29-19/h4-5,7-8,14,19H,2-3,6,9-13,15-16,24H2,1H3,(H,25,26). The number of ether oxygens (including phenoxy) is 4. The summed E-state index contributed by atoms with van der Waals surface area (Å²) >= 11 is 0. The molecule has 164 valence electrons. The van der Waals surface area contributed by atoms with Crippen molar-refractivity contribution in [3.05, 3.63) is 47.2 Å². The highest BCUT2D eigenvalue weighted by Gasteiger charge is 2.17. The topological polar surface area (TPSA) is 96.1 Å². The fourth-order valence-electron chi connectivity index (χ4n) is 3.35. The van der Waals surface area contributed by atoms with Crippen molar-refractivity contribution in [2.75, 3.05) is 39.6 Å². The zero-order chi connectivity index (χ0) is 21.2. The molecule has 3 N–H and O–H groups in total. The molecule has 0 bridgehead atoms. The second-order valence-electron chi connectivity index (χ2n) is 7.27. The van der Waals surface area contributed by atoms with E-state index in [0.717, 1.165) is 29.8 Å². The number of benzene rings is 1. The SMILES string of the molecule is CCc1c(O)cc(OCC2COCCO2)nc1CCc1ccc(OCCCN)cc1. The number of aromatic nitrogens is 1. The average Bonchev–Trinajstić information content (AvgIpc) is 2.78. The Balaban J connectivity index is 1.60. The van der Waals surface area contributed by atoms with E-state index in [9.17, 15) is 5.11 Å². The van der Waals surface area contributed by atoms with Crippen molar-refractivity contribution in [1.29, 1.82) is 0 Å². The van der Waals surface area contributed by atoms with E-state index in [4.69, 9.17) is 24.7 Å². The summed E-state index contributed by atoms with van der Waals surface area (Å²) < 4.78 is 22.4. The van der Waals surface area contributed by atoms with Gasteiger partial charge in [0.25, 0.3) is 0 Å². The van der Waals surface area contributed by atoms with Gasteiger partial charge in [0, 0.05) is 11.6 Å². The van der Waals surface area contributed by atoms with Crippen molar-refractivity contribution in [2.24, 2.45) is 5.73 Å². The number of rotatable bonds is 11. The number of nitrogens with zero attached hydrogens (tertiary/aromatic N) is 1. The van der Waals surface area contributed by atoms with Gasteiger partial charge in [0.05, 0.1) is 32.1 Å². The lowest BCUT2D eigenvalue weighted by Gasteiger charge is -2.23. The molecule has 1 aliphatic rings. The second-order valence-corrected chi connectivity index (χ2v) is 7.27. The molecular formula is C23H32N2O5. The van der Waals surface area contributed by atoms with Gasteiger partial charge in [-0.1, -0.05) is 19.1 Å². The van der Waals surface area contributed by atoms with Crippen molar-refractivity contribution in [3.63, 3.8) is 0 Å². The average molecular weight is 417 g/mol. The van der Waals surface area contributed by atoms with Crippen LogP contribution in [0, 0.1) is 0 Å². The van der Waals surface area contributed by atoms with Crippen molar-refractivity contribution < 1.29 is 24.1 Å². The minimum absolute atomic E-state index is 0.109. The maximum absolute atomic E-state index is 10.4. The van der Waals surface area contributed by atoms with Crippen LogP contribution in [0.1, 0.15) is 30.2 Å². The van der Waals surface area contributed by atoms with Gasteiger partial charge >= 0.3 is 0 Å². The summed E-state index contributed by atoms with van der Waals surface area (Å²) in [5, 5.41) is 10.4. The molecular weight excluding hydrogens is 384 g/mol. The van der Waals surface area contributed by atoms with Crippen molar-refractivity contribution in [3.8, 4) is 17.4 Å². The zero-order valence-electron chi connectivity index (χ0n) is 17.6. The molecule has 1 aliphatic heterocycles. The second kappa shape index (κ2) is 11.7. The normalized spacial score (nSPS) is 16.4. The van der Waals surface area contributed by atoms with Gasteiger partial charge in [-0.25, -0.2) is 4.98 Å². The van der Waals surface area contributed by atoms with Crippen LogP contribution in [0.3, 0.4) is 0 Å². The lowest BCUT2D eigenvalue weighted by Crippen LogP contribution is -2.33. The molecule has 2 heterocycles. The summed E-state index contributed by atoms with van der Waals surface area (Å²) in [6.07, 6.45) is 2.97. The molecule has 1 saturated heterocycles. The summed E-state index contributed by atoms with van der Waals surface area (Å²) in [6, 6.07) is 9.65. The van der Waals surface area contributed by atoms with Crippen LogP contribution in [0.4, 0.5) is 0 Å². The molecule has 0 radical (unpaired) electrons. The van der Waals surface area contributed by atoms with Crippen LogP contribution < -0.4 is 15.2 Å². The minimum atomic E-state index is -0.109. The molecule has 0 amide bonds. The number of aryl methyl sites for hydroxylation is 2. The number of pyridine rings is 1. The maximum atomic E-state index is 10.4. The van der Waals surface area contributed by atoms with Crippen LogP contribution in [0.25, 0.3) is 0 Å². The lowest BCUT2D eigenvalue weighted by molar-refractivity contribution is -0.102. The van der Waals surface area contributed by atoms with Gasteiger partial charge in [-0.15, -0.1) is 0 Å². The van der Waals surface area contributed by atoms with Crippen LogP contribution >= 0.6 is 0 Å². The highest BCUT2D eigenvalue weighted by atomic mass is 16.6. The molecule has 0 spiro atoms. The first-order valence-electron chi connectivity index (χ1n) is 10.6. The number of hydrogen-bond donors (Lipinski definition) is 2. The first kappa shape index (κ1) is 22.3. The molecule has 1 aromatic carbocycles. The van der Waals surface area contributed by atoms with Gasteiger partial charge < -0.3 is 29.8 Å². The third-order valence-electron chi connectivity index (χ3n) is 5.01. The van der Waals surface area contributed by atoms with E-state index in [1.165, 1.54) is 5.56 Å². The molecule has 1 aromatic heterocycles. The molecule has 7 heteroatoms. The van der Waals surface area contributed by atoms with Crippen molar-refractivity contribution in [2.45, 2.75) is 38.7 Å². The Hall–Kier alpha value is -2.35. The van der Waals surface area contributed by atoms with E-state index in [1.54, 1.807) is 6.07 Å².